The molecule has 0 radical (unpaired) electrons. The number of hydrogen-bond acceptors (Lipinski definition) is 11. The van der Waals surface area contributed by atoms with E-state index in [2.05, 4.69) is 5.32 Å². The highest BCUT2D eigenvalue weighted by atomic mass is 16.7. The number of nitrogens with one attached hydrogen (secondary N) is 1. The van der Waals surface area contributed by atoms with Gasteiger partial charge in [0.1, 0.15) is 24.4 Å². The van der Waals surface area contributed by atoms with Crippen molar-refractivity contribution in [3.05, 3.63) is 0 Å². The molecule has 0 aromatic carbocycles. The van der Waals surface area contributed by atoms with Crippen molar-refractivity contribution in [2.24, 2.45) is 0 Å². The summed E-state index contributed by atoms with van der Waals surface area (Å²) < 4.78 is 31.5. The second-order valence-corrected chi connectivity index (χ2v) is 7.78. The lowest BCUT2D eigenvalue weighted by atomic mass is 9.96. The first kappa shape index (κ1) is 26.1. The second-order valence-electron chi connectivity index (χ2n) is 7.78. The summed E-state index contributed by atoms with van der Waals surface area (Å²) in [4.78, 5) is 58.7. The topological polar surface area (TPSA) is 153 Å². The van der Waals surface area contributed by atoms with Crippen LogP contribution < -0.4 is 5.32 Å². The van der Waals surface area contributed by atoms with E-state index in [1.54, 1.807) is 20.8 Å². The summed E-state index contributed by atoms with van der Waals surface area (Å²) in [5, 5.41) is 2.44. The van der Waals surface area contributed by atoms with Gasteiger partial charge in [0, 0.05) is 27.7 Å². The van der Waals surface area contributed by atoms with Crippen molar-refractivity contribution >= 4 is 30.0 Å². The van der Waals surface area contributed by atoms with E-state index in [0.717, 1.165) is 27.7 Å². The van der Waals surface area contributed by atoms with Crippen molar-refractivity contribution in [2.75, 3.05) is 6.61 Å². The minimum atomic E-state index is -1.47. The minimum absolute atomic E-state index is 0.401. The first-order valence-corrected chi connectivity index (χ1v) is 9.49. The molecule has 0 aliphatic carbocycles. The summed E-state index contributed by atoms with van der Waals surface area (Å²) in [6.45, 7) is 8.98. The van der Waals surface area contributed by atoms with Gasteiger partial charge in [0.15, 0.2) is 12.2 Å². The summed E-state index contributed by atoms with van der Waals surface area (Å²) in [6, 6.07) is -1.31. The monoisotopic (exact) mass is 447 g/mol. The van der Waals surface area contributed by atoms with E-state index < -0.39 is 72.8 Å². The Labute approximate surface area is 179 Å². The van der Waals surface area contributed by atoms with Gasteiger partial charge in [0.05, 0.1) is 0 Å². The standard InChI is InChI=1S/C19H29NO11/c1-9(21)26-8-13-15(27-10(2)22)16(28-11(3)23)14(17(30-13)29-12(4)24)20-18(25)31-19(5,6)7/h13-17H,8H2,1-7H3,(H,20,25)/t13-,14-,15-,16-,17+/m1/s1. The molecule has 12 heteroatoms. The summed E-state index contributed by atoms with van der Waals surface area (Å²) in [5.74, 6) is -2.93. The van der Waals surface area contributed by atoms with Crippen LogP contribution in [0.15, 0.2) is 0 Å². The first-order chi connectivity index (χ1) is 14.2. The Morgan fingerprint density at radius 3 is 1.77 bits per heavy atom. The molecule has 0 unspecified atom stereocenters. The minimum Gasteiger partial charge on any atom is -0.463 e. The lowest BCUT2D eigenvalue weighted by molar-refractivity contribution is -0.270. The molecule has 12 nitrogen and oxygen atoms in total. The zero-order chi connectivity index (χ0) is 23.9. The van der Waals surface area contributed by atoms with E-state index in [0.29, 0.717) is 0 Å². The lowest BCUT2D eigenvalue weighted by Gasteiger charge is -2.44. The fraction of sp³-hybridized carbons (Fsp3) is 0.737. The number of hydrogen-bond donors (Lipinski definition) is 1. The molecule has 0 saturated carbocycles. The van der Waals surface area contributed by atoms with Gasteiger partial charge in [-0.2, -0.15) is 0 Å². The maximum Gasteiger partial charge on any atom is 0.408 e. The molecule has 1 aliphatic rings. The third kappa shape index (κ3) is 9.20. The fourth-order valence-electron chi connectivity index (χ4n) is 2.76. The van der Waals surface area contributed by atoms with Crippen LogP contribution in [0.25, 0.3) is 0 Å². The molecule has 0 spiro atoms. The predicted molar refractivity (Wildman–Crippen MR) is 101 cm³/mol. The fourth-order valence-corrected chi connectivity index (χ4v) is 2.76. The Kier molecular flexibility index (Phi) is 9.22. The lowest BCUT2D eigenvalue weighted by Crippen LogP contribution is -2.67. The summed E-state index contributed by atoms with van der Waals surface area (Å²) in [7, 11) is 0. The van der Waals surface area contributed by atoms with Crippen LogP contribution in [0, 0.1) is 0 Å². The van der Waals surface area contributed by atoms with Crippen molar-refractivity contribution in [2.45, 2.75) is 84.7 Å². The first-order valence-electron chi connectivity index (χ1n) is 9.49. The van der Waals surface area contributed by atoms with Gasteiger partial charge in [-0.25, -0.2) is 4.79 Å². The van der Waals surface area contributed by atoms with Crippen LogP contribution in [0.1, 0.15) is 48.5 Å². The van der Waals surface area contributed by atoms with Gasteiger partial charge in [0.2, 0.25) is 6.29 Å². The number of ether oxygens (including phenoxy) is 6. The number of esters is 4. The molecule has 0 bridgehead atoms. The Hall–Kier alpha value is -2.89. The van der Waals surface area contributed by atoms with Gasteiger partial charge < -0.3 is 33.7 Å². The molecule has 1 aliphatic heterocycles. The Balaban J connectivity index is 3.34. The van der Waals surface area contributed by atoms with Gasteiger partial charge >= 0.3 is 30.0 Å². The molecule has 0 aromatic heterocycles. The maximum absolute atomic E-state index is 12.4. The summed E-state index contributed by atoms with van der Waals surface area (Å²) in [6.07, 6.45) is -6.21. The van der Waals surface area contributed by atoms with Gasteiger partial charge in [-0.15, -0.1) is 0 Å². The molecule has 5 atom stereocenters. The highest BCUT2D eigenvalue weighted by Crippen LogP contribution is 2.28. The van der Waals surface area contributed by atoms with Crippen molar-refractivity contribution < 1.29 is 52.4 Å². The SMILES string of the molecule is CC(=O)OC[C@H]1O[C@H](OC(C)=O)[C@H](NC(=O)OC(C)(C)C)[C@@H](OC(C)=O)[C@@H]1OC(C)=O. The van der Waals surface area contributed by atoms with E-state index >= 15 is 0 Å². The number of carbonyl (C=O) groups excluding carboxylic acids is 5. The van der Waals surface area contributed by atoms with Crippen molar-refractivity contribution in [1.29, 1.82) is 0 Å². The van der Waals surface area contributed by atoms with Crippen LogP contribution >= 0.6 is 0 Å². The van der Waals surface area contributed by atoms with Gasteiger partial charge in [-0.1, -0.05) is 0 Å². The van der Waals surface area contributed by atoms with E-state index in [9.17, 15) is 24.0 Å². The van der Waals surface area contributed by atoms with Crippen molar-refractivity contribution in [1.82, 2.24) is 5.32 Å². The van der Waals surface area contributed by atoms with Crippen LogP contribution in [0.5, 0.6) is 0 Å². The van der Waals surface area contributed by atoms with Crippen LogP contribution in [-0.2, 0) is 47.6 Å². The molecule has 1 amide bonds. The quantitative estimate of drug-likeness (QED) is 0.450. The third-order valence-electron chi connectivity index (χ3n) is 3.67. The second kappa shape index (κ2) is 10.9. The van der Waals surface area contributed by atoms with Gasteiger partial charge in [0.25, 0.3) is 0 Å². The zero-order valence-corrected chi connectivity index (χ0v) is 18.6. The normalized spacial score (nSPS) is 25.6. The molecule has 0 aromatic rings. The Bertz CT molecular complexity index is 699. The van der Waals surface area contributed by atoms with Crippen molar-refractivity contribution in [3.63, 3.8) is 0 Å². The average Bonchev–Trinajstić information content (AvgIpc) is 2.55. The summed E-state index contributed by atoms with van der Waals surface area (Å²) in [5.41, 5.74) is -0.861. The number of amides is 1. The van der Waals surface area contributed by atoms with Crippen LogP contribution in [0.4, 0.5) is 4.79 Å². The highest BCUT2D eigenvalue weighted by Gasteiger charge is 2.52. The largest absolute Gasteiger partial charge is 0.463 e. The highest BCUT2D eigenvalue weighted by molar-refractivity contribution is 5.70. The molecule has 1 rings (SSSR count). The number of rotatable bonds is 6. The van der Waals surface area contributed by atoms with E-state index in [-0.39, 0.29) is 0 Å². The number of carbonyl (C=O) groups is 5. The van der Waals surface area contributed by atoms with Gasteiger partial charge in [-0.3, -0.25) is 19.2 Å². The molecule has 176 valence electrons. The molecule has 1 heterocycles. The molecule has 1 N–H and O–H groups in total. The van der Waals surface area contributed by atoms with E-state index in [1.165, 1.54) is 0 Å². The third-order valence-corrected chi connectivity index (χ3v) is 3.67. The smallest absolute Gasteiger partial charge is 0.408 e. The molecule has 1 fully saturated rings. The van der Waals surface area contributed by atoms with Crippen LogP contribution in [0.3, 0.4) is 0 Å². The number of alkyl carbamates (subject to hydrolysis) is 1. The predicted octanol–water partition coefficient (Wildman–Crippen LogP) is 0.594. The van der Waals surface area contributed by atoms with Gasteiger partial charge in [-0.05, 0) is 20.8 Å². The van der Waals surface area contributed by atoms with E-state index in [4.69, 9.17) is 28.4 Å². The molecule has 1 saturated heterocycles. The Morgan fingerprint density at radius 1 is 0.806 bits per heavy atom. The van der Waals surface area contributed by atoms with Crippen LogP contribution in [-0.4, -0.2) is 72.8 Å². The average molecular weight is 447 g/mol. The Morgan fingerprint density at radius 2 is 1.32 bits per heavy atom. The maximum atomic E-state index is 12.4. The molecular formula is C19H29NO11. The van der Waals surface area contributed by atoms with Crippen molar-refractivity contribution in [3.8, 4) is 0 Å². The van der Waals surface area contributed by atoms with E-state index in [1.807, 2.05) is 0 Å². The molecule has 31 heavy (non-hydrogen) atoms. The summed E-state index contributed by atoms with van der Waals surface area (Å²) >= 11 is 0. The molecular weight excluding hydrogens is 418 g/mol. The zero-order valence-electron chi connectivity index (χ0n) is 18.6. The van der Waals surface area contributed by atoms with Crippen LogP contribution in [0.2, 0.25) is 0 Å².